The van der Waals surface area contributed by atoms with E-state index in [2.05, 4.69) is 12.1 Å². The maximum Gasteiger partial charge on any atom is 0.253 e. The van der Waals surface area contributed by atoms with E-state index in [0.717, 1.165) is 37.8 Å². The summed E-state index contributed by atoms with van der Waals surface area (Å²) in [6.45, 7) is 3.89. The molecule has 1 aromatic carbocycles. The van der Waals surface area contributed by atoms with E-state index in [0.29, 0.717) is 32.8 Å². The molecule has 2 amide bonds. The number of hydrogen-bond acceptors (Lipinski definition) is 3. The molecule has 0 spiro atoms. The first-order chi connectivity index (χ1) is 12.2. The van der Waals surface area contributed by atoms with Gasteiger partial charge in [-0.2, -0.15) is 0 Å². The van der Waals surface area contributed by atoms with Crippen molar-refractivity contribution in [1.29, 1.82) is 0 Å². The summed E-state index contributed by atoms with van der Waals surface area (Å²) in [6.07, 6.45) is 5.17. The molecule has 0 N–H and O–H groups in total. The molecule has 25 heavy (non-hydrogen) atoms. The second-order valence-electron chi connectivity index (χ2n) is 7.37. The Labute approximate surface area is 148 Å². The standard InChI is InChI=1S/C20H26N2O3/c23-19(17-7-6-15-3-1-4-16(15)13-17)22-8-2-5-18(14-22)20(24)21-9-11-25-12-10-21/h6-7,13,18H,1-5,8-12,14H2. The van der Waals surface area contributed by atoms with Crippen LogP contribution in [0.15, 0.2) is 18.2 Å². The van der Waals surface area contributed by atoms with Gasteiger partial charge in [0.2, 0.25) is 5.91 Å². The van der Waals surface area contributed by atoms with Gasteiger partial charge in [-0.3, -0.25) is 9.59 Å². The van der Waals surface area contributed by atoms with Gasteiger partial charge in [-0.25, -0.2) is 0 Å². The summed E-state index contributed by atoms with van der Waals surface area (Å²) in [6, 6.07) is 6.13. The van der Waals surface area contributed by atoms with Crippen LogP contribution in [0, 0.1) is 5.92 Å². The number of piperidine rings is 1. The molecule has 5 heteroatoms. The van der Waals surface area contributed by atoms with Crippen molar-refractivity contribution in [3.8, 4) is 0 Å². The number of rotatable bonds is 2. The number of carbonyl (C=O) groups is 2. The molecule has 134 valence electrons. The molecule has 1 atom stereocenters. The van der Waals surface area contributed by atoms with E-state index in [4.69, 9.17) is 4.74 Å². The minimum absolute atomic E-state index is 0.0646. The fourth-order valence-electron chi connectivity index (χ4n) is 4.29. The van der Waals surface area contributed by atoms with Crippen LogP contribution in [0.3, 0.4) is 0 Å². The van der Waals surface area contributed by atoms with E-state index < -0.39 is 0 Å². The Hall–Kier alpha value is -1.88. The minimum Gasteiger partial charge on any atom is -0.378 e. The summed E-state index contributed by atoms with van der Waals surface area (Å²) in [5.74, 6) is 0.203. The first-order valence-corrected chi connectivity index (χ1v) is 9.50. The van der Waals surface area contributed by atoms with Crippen molar-refractivity contribution in [3.05, 3.63) is 34.9 Å². The van der Waals surface area contributed by atoms with Crippen LogP contribution in [0.1, 0.15) is 40.7 Å². The number of morpholine rings is 1. The van der Waals surface area contributed by atoms with E-state index in [-0.39, 0.29) is 17.7 Å². The molecule has 2 heterocycles. The molecule has 1 aromatic rings. The average molecular weight is 342 g/mol. The Kier molecular flexibility index (Phi) is 4.75. The van der Waals surface area contributed by atoms with E-state index in [1.165, 1.54) is 17.5 Å². The zero-order valence-electron chi connectivity index (χ0n) is 14.7. The minimum atomic E-state index is -0.0646. The molecule has 4 rings (SSSR count). The Morgan fingerprint density at radius 2 is 1.76 bits per heavy atom. The first-order valence-electron chi connectivity index (χ1n) is 9.50. The van der Waals surface area contributed by atoms with Gasteiger partial charge in [0.25, 0.3) is 5.91 Å². The summed E-state index contributed by atoms with van der Waals surface area (Å²) in [4.78, 5) is 29.4. The van der Waals surface area contributed by atoms with E-state index in [1.807, 2.05) is 15.9 Å². The van der Waals surface area contributed by atoms with Crippen LogP contribution in [0.5, 0.6) is 0 Å². The van der Waals surface area contributed by atoms with Crippen molar-refractivity contribution in [2.75, 3.05) is 39.4 Å². The smallest absolute Gasteiger partial charge is 0.253 e. The van der Waals surface area contributed by atoms with Crippen LogP contribution in [0.25, 0.3) is 0 Å². The van der Waals surface area contributed by atoms with Crippen molar-refractivity contribution >= 4 is 11.8 Å². The van der Waals surface area contributed by atoms with Gasteiger partial charge in [-0.15, -0.1) is 0 Å². The fraction of sp³-hybridized carbons (Fsp3) is 0.600. The molecule has 2 saturated heterocycles. The lowest BCUT2D eigenvalue weighted by Crippen LogP contribution is -2.49. The molecule has 0 aromatic heterocycles. The lowest BCUT2D eigenvalue weighted by molar-refractivity contribution is -0.141. The van der Waals surface area contributed by atoms with Crippen molar-refractivity contribution in [3.63, 3.8) is 0 Å². The number of hydrogen-bond donors (Lipinski definition) is 0. The number of amides is 2. The highest BCUT2D eigenvalue weighted by Gasteiger charge is 2.32. The van der Waals surface area contributed by atoms with Crippen molar-refractivity contribution in [2.45, 2.75) is 32.1 Å². The number of ether oxygens (including phenoxy) is 1. The SMILES string of the molecule is O=C(c1ccc2c(c1)CCC2)N1CCCC(C(=O)N2CCOCC2)C1. The lowest BCUT2D eigenvalue weighted by atomic mass is 9.95. The van der Waals surface area contributed by atoms with Gasteiger partial charge >= 0.3 is 0 Å². The number of nitrogens with zero attached hydrogens (tertiary/aromatic N) is 2. The lowest BCUT2D eigenvalue weighted by Gasteiger charge is -2.36. The quantitative estimate of drug-likeness (QED) is 0.825. The number of aryl methyl sites for hydroxylation is 2. The van der Waals surface area contributed by atoms with Gasteiger partial charge in [-0.05, 0) is 55.4 Å². The molecule has 2 fully saturated rings. The van der Waals surface area contributed by atoms with Crippen LogP contribution in [0.2, 0.25) is 0 Å². The normalized spacial score (nSPS) is 23.4. The first kappa shape index (κ1) is 16.6. The van der Waals surface area contributed by atoms with E-state index in [9.17, 15) is 9.59 Å². The molecule has 0 saturated carbocycles. The average Bonchev–Trinajstić information content (AvgIpc) is 3.15. The Morgan fingerprint density at radius 1 is 0.960 bits per heavy atom. The fourth-order valence-corrected chi connectivity index (χ4v) is 4.29. The summed E-state index contributed by atoms with van der Waals surface area (Å²) in [7, 11) is 0. The highest BCUT2D eigenvalue weighted by atomic mass is 16.5. The molecule has 5 nitrogen and oxygen atoms in total. The van der Waals surface area contributed by atoms with Crippen LogP contribution in [0.4, 0.5) is 0 Å². The second kappa shape index (κ2) is 7.16. The number of benzene rings is 1. The molecular weight excluding hydrogens is 316 g/mol. The summed E-state index contributed by atoms with van der Waals surface area (Å²) >= 11 is 0. The monoisotopic (exact) mass is 342 g/mol. The van der Waals surface area contributed by atoms with Gasteiger partial charge in [0, 0.05) is 31.7 Å². The molecule has 1 unspecified atom stereocenters. The Morgan fingerprint density at radius 3 is 2.60 bits per heavy atom. The van der Waals surface area contributed by atoms with Gasteiger partial charge in [0.05, 0.1) is 19.1 Å². The predicted molar refractivity (Wildman–Crippen MR) is 94.5 cm³/mol. The summed E-state index contributed by atoms with van der Waals surface area (Å²) < 4.78 is 5.33. The van der Waals surface area contributed by atoms with Gasteiger partial charge in [0.1, 0.15) is 0 Å². The van der Waals surface area contributed by atoms with Crippen molar-refractivity contribution in [1.82, 2.24) is 9.80 Å². The Balaban J connectivity index is 1.43. The van der Waals surface area contributed by atoms with E-state index >= 15 is 0 Å². The number of carbonyl (C=O) groups excluding carboxylic acids is 2. The Bertz CT molecular complexity index is 667. The number of likely N-dealkylation sites (tertiary alicyclic amines) is 1. The van der Waals surface area contributed by atoms with Gasteiger partial charge in [0.15, 0.2) is 0 Å². The third-order valence-electron chi connectivity index (χ3n) is 5.73. The van der Waals surface area contributed by atoms with Crippen LogP contribution in [-0.4, -0.2) is 61.0 Å². The number of fused-ring (bicyclic) bond motifs is 1. The van der Waals surface area contributed by atoms with Gasteiger partial charge < -0.3 is 14.5 Å². The third-order valence-corrected chi connectivity index (χ3v) is 5.73. The van der Waals surface area contributed by atoms with E-state index in [1.54, 1.807) is 0 Å². The molecule has 3 aliphatic rings. The van der Waals surface area contributed by atoms with Crippen LogP contribution < -0.4 is 0 Å². The largest absolute Gasteiger partial charge is 0.378 e. The molecule has 0 bridgehead atoms. The maximum atomic E-state index is 12.9. The van der Waals surface area contributed by atoms with Crippen LogP contribution in [-0.2, 0) is 22.4 Å². The zero-order valence-corrected chi connectivity index (χ0v) is 14.7. The zero-order chi connectivity index (χ0) is 17.2. The molecule has 2 aliphatic heterocycles. The molecular formula is C20H26N2O3. The maximum absolute atomic E-state index is 12.9. The third kappa shape index (κ3) is 3.43. The summed E-state index contributed by atoms with van der Waals surface area (Å²) in [5.41, 5.74) is 3.49. The van der Waals surface area contributed by atoms with Crippen molar-refractivity contribution in [2.24, 2.45) is 5.92 Å². The molecule has 0 radical (unpaired) electrons. The highest BCUT2D eigenvalue weighted by Crippen LogP contribution is 2.25. The topological polar surface area (TPSA) is 49.9 Å². The van der Waals surface area contributed by atoms with Crippen LogP contribution >= 0.6 is 0 Å². The highest BCUT2D eigenvalue weighted by molar-refractivity contribution is 5.95. The van der Waals surface area contributed by atoms with Gasteiger partial charge in [-0.1, -0.05) is 6.07 Å². The van der Waals surface area contributed by atoms with Crippen molar-refractivity contribution < 1.29 is 14.3 Å². The summed E-state index contributed by atoms with van der Waals surface area (Å²) in [5, 5.41) is 0. The predicted octanol–water partition coefficient (Wildman–Crippen LogP) is 1.89. The molecule has 1 aliphatic carbocycles. The second-order valence-corrected chi connectivity index (χ2v) is 7.37.